The van der Waals surface area contributed by atoms with E-state index in [0.717, 1.165) is 11.4 Å². The van der Waals surface area contributed by atoms with Crippen LogP contribution in [0.1, 0.15) is 26.5 Å². The van der Waals surface area contributed by atoms with E-state index in [4.69, 9.17) is 5.73 Å². The fraction of sp³-hybridized carbons (Fsp3) is 0.538. The van der Waals surface area contributed by atoms with Gasteiger partial charge in [-0.1, -0.05) is 0 Å². The van der Waals surface area contributed by atoms with Gasteiger partial charge in [-0.05, 0) is 32.9 Å². The average molecular weight is 249 g/mol. The number of hydrogen-bond acceptors (Lipinski definition) is 3. The number of rotatable bonds is 3. The molecule has 1 aromatic heterocycles. The smallest absolute Gasteiger partial charge is 0.189 e. The first kappa shape index (κ1) is 14.3. The van der Waals surface area contributed by atoms with Gasteiger partial charge in [0.25, 0.3) is 0 Å². The molecule has 0 aliphatic heterocycles. The van der Waals surface area contributed by atoms with Crippen LogP contribution in [-0.2, 0) is 6.54 Å². The quantitative estimate of drug-likeness (QED) is 0.627. The van der Waals surface area contributed by atoms with Crippen molar-refractivity contribution in [2.24, 2.45) is 10.7 Å². The van der Waals surface area contributed by atoms with Gasteiger partial charge in [-0.25, -0.2) is 4.99 Å². The fourth-order valence-electron chi connectivity index (χ4n) is 1.54. The first-order chi connectivity index (χ1) is 8.29. The summed E-state index contributed by atoms with van der Waals surface area (Å²) < 4.78 is 0. The Bertz CT molecular complexity index is 418. The first-order valence-corrected chi connectivity index (χ1v) is 5.99. The van der Waals surface area contributed by atoms with E-state index >= 15 is 0 Å². The number of guanidine groups is 1. The topological polar surface area (TPSA) is 66.5 Å². The van der Waals surface area contributed by atoms with Crippen molar-refractivity contribution in [1.29, 1.82) is 0 Å². The lowest BCUT2D eigenvalue weighted by Crippen LogP contribution is -2.45. The summed E-state index contributed by atoms with van der Waals surface area (Å²) >= 11 is 0. The maximum atomic E-state index is 5.83. The third kappa shape index (κ3) is 4.61. The molecule has 0 amide bonds. The van der Waals surface area contributed by atoms with E-state index in [-0.39, 0.29) is 5.54 Å². The van der Waals surface area contributed by atoms with Gasteiger partial charge >= 0.3 is 0 Å². The van der Waals surface area contributed by atoms with Crippen LogP contribution in [0.4, 0.5) is 5.69 Å². The number of nitrogens with zero attached hydrogens (tertiary/aromatic N) is 3. The maximum absolute atomic E-state index is 5.83. The molecule has 5 nitrogen and oxygen atoms in total. The summed E-state index contributed by atoms with van der Waals surface area (Å²) in [5.41, 5.74) is 7.73. The maximum Gasteiger partial charge on any atom is 0.189 e. The van der Waals surface area contributed by atoms with Crippen LogP contribution in [0.2, 0.25) is 0 Å². The second-order valence-electron chi connectivity index (χ2n) is 5.44. The van der Waals surface area contributed by atoms with Gasteiger partial charge in [0.1, 0.15) is 0 Å². The minimum absolute atomic E-state index is 0.0813. The highest BCUT2D eigenvalue weighted by molar-refractivity contribution is 5.78. The van der Waals surface area contributed by atoms with Gasteiger partial charge in [0.2, 0.25) is 0 Å². The Kier molecular flexibility index (Phi) is 4.53. The zero-order chi connectivity index (χ0) is 13.8. The minimum atomic E-state index is -0.0813. The Morgan fingerprint density at radius 3 is 2.67 bits per heavy atom. The highest BCUT2D eigenvalue weighted by Crippen LogP contribution is 2.15. The highest BCUT2D eigenvalue weighted by Gasteiger charge is 2.10. The molecule has 1 heterocycles. The van der Waals surface area contributed by atoms with Crippen LogP contribution in [0.3, 0.4) is 0 Å². The third-order valence-corrected chi connectivity index (χ3v) is 2.25. The van der Waals surface area contributed by atoms with E-state index in [2.05, 4.69) is 15.3 Å². The molecule has 1 aromatic rings. The largest absolute Gasteiger partial charge is 0.376 e. The number of aliphatic imine (C=N–C) groups is 1. The van der Waals surface area contributed by atoms with Crippen LogP contribution in [0.15, 0.2) is 23.3 Å². The van der Waals surface area contributed by atoms with Crippen LogP contribution in [0, 0.1) is 0 Å². The van der Waals surface area contributed by atoms with Crippen LogP contribution >= 0.6 is 0 Å². The third-order valence-electron chi connectivity index (χ3n) is 2.25. The van der Waals surface area contributed by atoms with Crippen molar-refractivity contribution < 1.29 is 0 Å². The Balaban J connectivity index is 2.77. The van der Waals surface area contributed by atoms with Gasteiger partial charge in [-0.3, -0.25) is 4.98 Å². The molecule has 0 aliphatic rings. The molecule has 0 saturated carbocycles. The average Bonchev–Trinajstić information content (AvgIpc) is 2.24. The standard InChI is InChI=1S/C13H23N5/c1-13(2,3)17-12(14)16-9-10-11(18(4)5)7-6-8-15-10/h6-8H,9H2,1-5H3,(H3,14,16,17). The summed E-state index contributed by atoms with van der Waals surface area (Å²) in [6.45, 7) is 6.60. The molecule has 5 heteroatoms. The number of nitrogens with one attached hydrogen (secondary N) is 1. The number of nitrogens with two attached hydrogens (primary N) is 1. The monoisotopic (exact) mass is 249 g/mol. The van der Waals surface area contributed by atoms with E-state index in [1.807, 2.05) is 51.9 Å². The lowest BCUT2D eigenvalue weighted by Gasteiger charge is -2.21. The van der Waals surface area contributed by atoms with Crippen LogP contribution < -0.4 is 16.0 Å². The van der Waals surface area contributed by atoms with Gasteiger partial charge in [-0.2, -0.15) is 0 Å². The molecule has 18 heavy (non-hydrogen) atoms. The Labute approximate surface area is 109 Å². The van der Waals surface area contributed by atoms with Crippen LogP contribution in [0.25, 0.3) is 0 Å². The van der Waals surface area contributed by atoms with Gasteiger partial charge < -0.3 is 16.0 Å². The minimum Gasteiger partial charge on any atom is -0.376 e. The van der Waals surface area contributed by atoms with Crippen molar-refractivity contribution >= 4 is 11.6 Å². The summed E-state index contributed by atoms with van der Waals surface area (Å²) in [4.78, 5) is 10.7. The van der Waals surface area contributed by atoms with Crippen LogP contribution in [0.5, 0.6) is 0 Å². The van der Waals surface area contributed by atoms with E-state index in [1.165, 1.54) is 0 Å². The zero-order valence-electron chi connectivity index (χ0n) is 11.9. The molecule has 0 aromatic carbocycles. The molecular weight excluding hydrogens is 226 g/mol. The molecule has 0 aliphatic carbocycles. The molecule has 0 unspecified atom stereocenters. The summed E-state index contributed by atoms with van der Waals surface area (Å²) in [6.07, 6.45) is 1.77. The Morgan fingerprint density at radius 2 is 2.11 bits per heavy atom. The van der Waals surface area contributed by atoms with Gasteiger partial charge in [-0.15, -0.1) is 0 Å². The molecular formula is C13H23N5. The van der Waals surface area contributed by atoms with Gasteiger partial charge in [0.15, 0.2) is 5.96 Å². The van der Waals surface area contributed by atoms with Crippen molar-refractivity contribution in [3.05, 3.63) is 24.0 Å². The van der Waals surface area contributed by atoms with Gasteiger partial charge in [0.05, 0.1) is 17.9 Å². The van der Waals surface area contributed by atoms with Crippen molar-refractivity contribution in [2.45, 2.75) is 32.9 Å². The molecule has 1 rings (SSSR count). The van der Waals surface area contributed by atoms with Crippen molar-refractivity contribution in [3.8, 4) is 0 Å². The summed E-state index contributed by atoms with van der Waals surface area (Å²) in [6, 6.07) is 3.94. The molecule has 100 valence electrons. The number of anilines is 1. The van der Waals surface area contributed by atoms with Gasteiger partial charge in [0, 0.05) is 25.8 Å². The molecule has 0 atom stereocenters. The molecule has 0 fully saturated rings. The van der Waals surface area contributed by atoms with Crippen LogP contribution in [-0.4, -0.2) is 30.6 Å². The van der Waals surface area contributed by atoms with Crippen molar-refractivity contribution in [1.82, 2.24) is 10.3 Å². The van der Waals surface area contributed by atoms with E-state index in [1.54, 1.807) is 6.20 Å². The predicted molar refractivity (Wildman–Crippen MR) is 76.8 cm³/mol. The van der Waals surface area contributed by atoms with E-state index in [9.17, 15) is 0 Å². The van der Waals surface area contributed by atoms with Crippen molar-refractivity contribution in [2.75, 3.05) is 19.0 Å². The van der Waals surface area contributed by atoms with Crippen molar-refractivity contribution in [3.63, 3.8) is 0 Å². The number of pyridine rings is 1. The summed E-state index contributed by atoms with van der Waals surface area (Å²) in [7, 11) is 3.97. The molecule has 0 radical (unpaired) electrons. The SMILES string of the molecule is CN(C)c1cccnc1CN=C(N)NC(C)(C)C. The normalized spacial score (nSPS) is 12.4. The summed E-state index contributed by atoms with van der Waals surface area (Å²) in [5.74, 6) is 0.442. The Hall–Kier alpha value is -1.78. The summed E-state index contributed by atoms with van der Waals surface area (Å²) in [5, 5.41) is 3.12. The molecule has 0 bridgehead atoms. The first-order valence-electron chi connectivity index (χ1n) is 5.99. The fourth-order valence-corrected chi connectivity index (χ4v) is 1.54. The lowest BCUT2D eigenvalue weighted by molar-refractivity contribution is 0.508. The molecule has 3 N–H and O–H groups in total. The van der Waals surface area contributed by atoms with E-state index < -0.39 is 0 Å². The Morgan fingerprint density at radius 1 is 1.44 bits per heavy atom. The second-order valence-corrected chi connectivity index (χ2v) is 5.44. The second kappa shape index (κ2) is 5.71. The van der Waals surface area contributed by atoms with E-state index in [0.29, 0.717) is 12.5 Å². The molecule has 0 spiro atoms. The number of hydrogen-bond donors (Lipinski definition) is 2. The number of aromatic nitrogens is 1. The zero-order valence-corrected chi connectivity index (χ0v) is 11.9. The highest BCUT2D eigenvalue weighted by atomic mass is 15.1. The molecule has 0 saturated heterocycles. The predicted octanol–water partition coefficient (Wildman–Crippen LogP) is 1.35. The lowest BCUT2D eigenvalue weighted by atomic mass is 10.1.